The van der Waals surface area contributed by atoms with E-state index in [-0.39, 0.29) is 17.8 Å². The Morgan fingerprint density at radius 3 is 2.37 bits per heavy atom. The zero-order chi connectivity index (χ0) is 18.6. The van der Waals surface area contributed by atoms with Gasteiger partial charge < -0.3 is 10.6 Å². The average Bonchev–Trinajstić information content (AvgIpc) is 2.71. The number of amides is 1. The number of carbonyl (C=O) groups is 1. The number of carbonyl (C=O) groups excluding carboxylic acids is 1. The van der Waals surface area contributed by atoms with E-state index in [0.717, 1.165) is 18.4 Å². The number of hydrogen-bond acceptors (Lipinski definition) is 4. The molecule has 6 heteroatoms. The van der Waals surface area contributed by atoms with Crippen LogP contribution in [0.15, 0.2) is 60.9 Å². The highest BCUT2D eigenvalue weighted by atomic mass is 19.1. The molecule has 3 aromatic rings. The van der Waals surface area contributed by atoms with Gasteiger partial charge in [-0.3, -0.25) is 4.79 Å². The minimum atomic E-state index is -0.331. The molecule has 0 unspecified atom stereocenters. The summed E-state index contributed by atoms with van der Waals surface area (Å²) in [5, 5.41) is 5.85. The predicted molar refractivity (Wildman–Crippen MR) is 103 cm³/mol. The molecule has 0 aliphatic carbocycles. The van der Waals surface area contributed by atoms with Gasteiger partial charge in [0.2, 0.25) is 11.9 Å². The fraction of sp³-hybridized carbons (Fsp3) is 0.190. The summed E-state index contributed by atoms with van der Waals surface area (Å²) < 4.78 is 15.0. The van der Waals surface area contributed by atoms with Gasteiger partial charge in [0.05, 0.1) is 0 Å². The predicted octanol–water partition coefficient (Wildman–Crippen LogP) is 3.64. The lowest BCUT2D eigenvalue weighted by Gasteiger charge is -2.22. The van der Waals surface area contributed by atoms with E-state index >= 15 is 4.39 Å². The van der Waals surface area contributed by atoms with Crippen LogP contribution in [0.25, 0.3) is 22.3 Å². The molecule has 0 bridgehead atoms. The van der Waals surface area contributed by atoms with Crippen molar-refractivity contribution in [3.8, 4) is 22.3 Å². The molecule has 136 valence electrons. The topological polar surface area (TPSA) is 66.9 Å². The van der Waals surface area contributed by atoms with Gasteiger partial charge in [0.1, 0.15) is 11.9 Å². The Hall–Kier alpha value is -3.28. The van der Waals surface area contributed by atoms with Crippen LogP contribution in [0.2, 0.25) is 0 Å². The van der Waals surface area contributed by atoms with Gasteiger partial charge >= 0.3 is 0 Å². The second-order valence-corrected chi connectivity index (χ2v) is 6.46. The Morgan fingerprint density at radius 1 is 0.963 bits per heavy atom. The summed E-state index contributed by atoms with van der Waals surface area (Å²) in [5.41, 5.74) is 2.38. The largest absolute Gasteiger partial charge is 0.354 e. The Morgan fingerprint density at radius 2 is 1.67 bits per heavy atom. The van der Waals surface area contributed by atoms with Crippen LogP contribution in [0.5, 0.6) is 0 Å². The molecule has 1 aliphatic rings. The molecule has 0 spiro atoms. The maximum atomic E-state index is 15.0. The number of nitrogens with one attached hydrogen (secondary N) is 2. The van der Waals surface area contributed by atoms with Gasteiger partial charge in [-0.25, -0.2) is 14.4 Å². The Kier molecular flexibility index (Phi) is 4.78. The van der Waals surface area contributed by atoms with Crippen molar-refractivity contribution in [2.75, 3.05) is 11.9 Å². The lowest BCUT2D eigenvalue weighted by Crippen LogP contribution is -2.44. The zero-order valence-corrected chi connectivity index (χ0v) is 14.7. The van der Waals surface area contributed by atoms with Crippen LogP contribution >= 0.6 is 0 Å². The summed E-state index contributed by atoms with van der Waals surface area (Å²) in [4.78, 5) is 20.3. The highest BCUT2D eigenvalue weighted by molar-refractivity contribution is 5.84. The molecule has 0 radical (unpaired) electrons. The summed E-state index contributed by atoms with van der Waals surface area (Å²) in [7, 11) is 0. The van der Waals surface area contributed by atoms with E-state index in [2.05, 4.69) is 20.6 Å². The van der Waals surface area contributed by atoms with E-state index in [1.165, 1.54) is 0 Å². The van der Waals surface area contributed by atoms with Crippen molar-refractivity contribution < 1.29 is 9.18 Å². The molecule has 4 rings (SSSR count). The van der Waals surface area contributed by atoms with E-state index in [4.69, 9.17) is 0 Å². The maximum Gasteiger partial charge on any atom is 0.242 e. The first-order chi connectivity index (χ1) is 13.2. The second kappa shape index (κ2) is 7.53. The standard InChI is InChI=1S/C21H19FN4O/c22-19-16(14-6-2-1-3-7-14)8-4-9-17(19)15-12-24-21(25-13-15)26-18-10-5-11-23-20(18)27/h1-4,6-9,12-13,18H,5,10-11H2,(H,23,27)(H,24,25,26)/t18-/m1/s1. The number of rotatable bonds is 4. The maximum absolute atomic E-state index is 15.0. The lowest BCUT2D eigenvalue weighted by molar-refractivity contribution is -0.123. The van der Waals surface area contributed by atoms with Crippen molar-refractivity contribution in [3.63, 3.8) is 0 Å². The van der Waals surface area contributed by atoms with E-state index < -0.39 is 0 Å². The number of anilines is 1. The van der Waals surface area contributed by atoms with Crippen LogP contribution in [0.3, 0.4) is 0 Å². The minimum absolute atomic E-state index is 0.0458. The SMILES string of the molecule is O=C1NCCC[C@H]1Nc1ncc(-c2cccc(-c3ccccc3)c2F)cn1. The monoisotopic (exact) mass is 362 g/mol. The van der Waals surface area contributed by atoms with Gasteiger partial charge in [-0.15, -0.1) is 0 Å². The van der Waals surface area contributed by atoms with Crippen molar-refractivity contribution in [2.24, 2.45) is 0 Å². The van der Waals surface area contributed by atoms with Gasteiger partial charge in [-0.2, -0.15) is 0 Å². The zero-order valence-electron chi connectivity index (χ0n) is 14.7. The van der Waals surface area contributed by atoms with Gasteiger partial charge in [0.25, 0.3) is 0 Å². The molecule has 1 atom stereocenters. The normalized spacial score (nSPS) is 16.6. The minimum Gasteiger partial charge on any atom is -0.354 e. The molecule has 27 heavy (non-hydrogen) atoms. The third kappa shape index (κ3) is 3.65. The molecular formula is C21H19FN4O. The molecule has 1 aromatic heterocycles. The lowest BCUT2D eigenvalue weighted by atomic mass is 9.99. The molecular weight excluding hydrogens is 343 g/mol. The molecule has 2 heterocycles. The van der Waals surface area contributed by atoms with Gasteiger partial charge in [0.15, 0.2) is 0 Å². The molecule has 0 saturated carbocycles. The summed E-state index contributed by atoms with van der Waals surface area (Å²) in [6.45, 7) is 0.702. The van der Waals surface area contributed by atoms with Crippen LogP contribution in [0.1, 0.15) is 12.8 Å². The van der Waals surface area contributed by atoms with Crippen molar-refractivity contribution in [2.45, 2.75) is 18.9 Å². The highest BCUT2D eigenvalue weighted by Crippen LogP contribution is 2.30. The summed E-state index contributed by atoms with van der Waals surface area (Å²) in [5.74, 6) is 0.00984. The van der Waals surface area contributed by atoms with Crippen LogP contribution in [0.4, 0.5) is 10.3 Å². The Balaban J connectivity index is 1.58. The number of hydrogen-bond donors (Lipinski definition) is 2. The fourth-order valence-corrected chi connectivity index (χ4v) is 3.20. The first-order valence-corrected chi connectivity index (χ1v) is 8.93. The molecule has 1 amide bonds. The van der Waals surface area contributed by atoms with Crippen LogP contribution in [-0.2, 0) is 4.79 Å². The van der Waals surface area contributed by atoms with Crippen LogP contribution < -0.4 is 10.6 Å². The van der Waals surface area contributed by atoms with Gasteiger partial charge in [0, 0.05) is 35.6 Å². The molecule has 1 aliphatic heterocycles. The Labute approximate surface area is 156 Å². The van der Waals surface area contributed by atoms with Crippen molar-refractivity contribution in [1.29, 1.82) is 0 Å². The third-order valence-electron chi connectivity index (χ3n) is 4.63. The summed E-state index contributed by atoms with van der Waals surface area (Å²) >= 11 is 0. The molecule has 2 aromatic carbocycles. The number of halogens is 1. The first kappa shape index (κ1) is 17.1. The molecule has 1 fully saturated rings. The first-order valence-electron chi connectivity index (χ1n) is 8.93. The fourth-order valence-electron chi connectivity index (χ4n) is 3.20. The number of nitrogens with zero attached hydrogens (tertiary/aromatic N) is 2. The van der Waals surface area contributed by atoms with Crippen molar-refractivity contribution in [3.05, 3.63) is 66.7 Å². The molecule has 5 nitrogen and oxygen atoms in total. The van der Waals surface area contributed by atoms with Crippen molar-refractivity contribution >= 4 is 11.9 Å². The van der Waals surface area contributed by atoms with Crippen molar-refractivity contribution in [1.82, 2.24) is 15.3 Å². The van der Waals surface area contributed by atoms with Crippen LogP contribution in [0, 0.1) is 5.82 Å². The van der Waals surface area contributed by atoms with E-state index in [0.29, 0.717) is 29.2 Å². The molecule has 2 N–H and O–H groups in total. The van der Waals surface area contributed by atoms with Gasteiger partial charge in [-0.05, 0) is 18.4 Å². The number of aromatic nitrogens is 2. The third-order valence-corrected chi connectivity index (χ3v) is 4.63. The average molecular weight is 362 g/mol. The van der Waals surface area contributed by atoms with E-state index in [1.54, 1.807) is 24.5 Å². The summed E-state index contributed by atoms with van der Waals surface area (Å²) in [6, 6.07) is 14.4. The smallest absolute Gasteiger partial charge is 0.242 e. The quantitative estimate of drug-likeness (QED) is 0.744. The van der Waals surface area contributed by atoms with Crippen LogP contribution in [-0.4, -0.2) is 28.5 Å². The van der Waals surface area contributed by atoms with E-state index in [9.17, 15) is 4.79 Å². The molecule has 1 saturated heterocycles. The second-order valence-electron chi connectivity index (χ2n) is 6.46. The highest BCUT2D eigenvalue weighted by Gasteiger charge is 2.22. The number of piperidine rings is 1. The number of benzene rings is 2. The Bertz CT molecular complexity index is 944. The van der Waals surface area contributed by atoms with E-state index in [1.807, 2.05) is 36.4 Å². The van der Waals surface area contributed by atoms with Gasteiger partial charge in [-0.1, -0.05) is 48.5 Å². The summed E-state index contributed by atoms with van der Waals surface area (Å²) in [6.07, 6.45) is 4.80.